The van der Waals surface area contributed by atoms with Gasteiger partial charge in [0, 0.05) is 51.2 Å². The van der Waals surface area contributed by atoms with Crippen molar-refractivity contribution in [3.63, 3.8) is 0 Å². The van der Waals surface area contributed by atoms with E-state index in [2.05, 4.69) is 217 Å². The Hall–Kier alpha value is -7.88. The normalized spacial score (nSPS) is 14.0. The first kappa shape index (κ1) is 41.8. The Kier molecular flexibility index (Phi) is 12.8. The standard InChI is InChI=1S/C57H50N4O2/c1-4-63-56(62)55(42-58)45-39-44(40-57(2,3)41-45)26-25-43-27-29-50(30-28-43)61(53-35-31-51(32-36-53)59(46-17-9-5-10-18-46)47-19-11-6-12-20-47)54-37-33-52(34-38-54)60(48-21-13-7-14-22-48)49-23-15-8-16-24-49/h5-39H,4,40-41H2,1-3H3/b26-25+,55-45-. The molecule has 6 nitrogen and oxygen atoms in total. The van der Waals surface area contributed by atoms with Gasteiger partial charge in [-0.25, -0.2) is 4.79 Å². The molecule has 1 aliphatic rings. The summed E-state index contributed by atoms with van der Waals surface area (Å²) in [5.41, 5.74) is 12.3. The number of anilines is 9. The minimum atomic E-state index is -0.564. The highest BCUT2D eigenvalue weighted by molar-refractivity contribution is 5.94. The van der Waals surface area contributed by atoms with Crippen molar-refractivity contribution in [2.45, 2.75) is 33.6 Å². The fourth-order valence-electron chi connectivity index (χ4n) is 8.27. The molecule has 63 heavy (non-hydrogen) atoms. The van der Waals surface area contributed by atoms with E-state index in [1.54, 1.807) is 6.92 Å². The van der Waals surface area contributed by atoms with E-state index < -0.39 is 5.97 Å². The molecular formula is C57H50N4O2. The van der Waals surface area contributed by atoms with Crippen LogP contribution in [-0.2, 0) is 9.53 Å². The summed E-state index contributed by atoms with van der Waals surface area (Å²) in [6.45, 7) is 6.31. The third-order valence-corrected chi connectivity index (χ3v) is 11.1. The molecule has 0 N–H and O–H groups in total. The number of hydrogen-bond donors (Lipinski definition) is 0. The molecule has 7 aromatic carbocycles. The summed E-state index contributed by atoms with van der Waals surface area (Å²) >= 11 is 0. The number of ether oxygens (including phenoxy) is 1. The summed E-state index contributed by atoms with van der Waals surface area (Å²) in [6, 6.07) is 69.9. The van der Waals surface area contributed by atoms with E-state index in [1.165, 1.54) is 0 Å². The molecule has 0 aliphatic heterocycles. The predicted octanol–water partition coefficient (Wildman–Crippen LogP) is 15.2. The number of hydrogen-bond acceptors (Lipinski definition) is 6. The molecule has 0 spiro atoms. The number of nitriles is 1. The third-order valence-electron chi connectivity index (χ3n) is 11.1. The van der Waals surface area contributed by atoms with Crippen molar-refractivity contribution < 1.29 is 9.53 Å². The second-order valence-corrected chi connectivity index (χ2v) is 16.3. The molecule has 0 saturated carbocycles. The summed E-state index contributed by atoms with van der Waals surface area (Å²) in [4.78, 5) is 19.5. The number of allylic oxidation sites excluding steroid dienone is 4. The van der Waals surface area contributed by atoms with Crippen molar-refractivity contribution >= 4 is 63.2 Å². The maximum Gasteiger partial charge on any atom is 0.349 e. The van der Waals surface area contributed by atoms with Gasteiger partial charge in [0.1, 0.15) is 11.6 Å². The van der Waals surface area contributed by atoms with Gasteiger partial charge in [0.2, 0.25) is 0 Å². The number of para-hydroxylation sites is 4. The van der Waals surface area contributed by atoms with Crippen LogP contribution in [0.15, 0.2) is 223 Å². The average Bonchev–Trinajstić information content (AvgIpc) is 3.31. The minimum absolute atomic E-state index is 0.0849. The zero-order chi connectivity index (χ0) is 43.6. The second kappa shape index (κ2) is 19.2. The molecule has 0 unspecified atom stereocenters. The summed E-state index contributed by atoms with van der Waals surface area (Å²) in [5, 5.41) is 9.88. The molecule has 0 heterocycles. The first-order valence-electron chi connectivity index (χ1n) is 21.4. The van der Waals surface area contributed by atoms with Crippen LogP contribution in [0.4, 0.5) is 51.2 Å². The molecule has 0 atom stereocenters. The van der Waals surface area contributed by atoms with Gasteiger partial charge in [-0.1, -0.05) is 117 Å². The van der Waals surface area contributed by atoms with Gasteiger partial charge >= 0.3 is 5.97 Å². The van der Waals surface area contributed by atoms with Gasteiger partial charge in [-0.05, 0) is 151 Å². The Morgan fingerprint density at radius 2 is 0.857 bits per heavy atom. The highest BCUT2D eigenvalue weighted by atomic mass is 16.5. The Bertz CT molecular complexity index is 2550. The minimum Gasteiger partial charge on any atom is -0.462 e. The van der Waals surface area contributed by atoms with E-state index in [9.17, 15) is 10.1 Å². The molecular weight excluding hydrogens is 773 g/mol. The Morgan fingerprint density at radius 3 is 1.19 bits per heavy atom. The molecule has 1 aliphatic carbocycles. The number of benzene rings is 7. The fraction of sp³-hybridized carbons (Fsp3) is 0.123. The summed E-state index contributed by atoms with van der Waals surface area (Å²) < 4.78 is 5.21. The monoisotopic (exact) mass is 822 g/mol. The van der Waals surface area contributed by atoms with Crippen molar-refractivity contribution in [3.05, 3.63) is 229 Å². The van der Waals surface area contributed by atoms with Crippen LogP contribution in [-0.4, -0.2) is 12.6 Å². The molecule has 0 fully saturated rings. The van der Waals surface area contributed by atoms with Gasteiger partial charge in [-0.15, -0.1) is 0 Å². The topological polar surface area (TPSA) is 59.8 Å². The van der Waals surface area contributed by atoms with Gasteiger partial charge in [-0.3, -0.25) is 0 Å². The lowest BCUT2D eigenvalue weighted by atomic mass is 9.74. The van der Waals surface area contributed by atoms with Crippen molar-refractivity contribution in [1.82, 2.24) is 0 Å². The molecule has 0 saturated heterocycles. The van der Waals surface area contributed by atoms with Gasteiger partial charge < -0.3 is 19.4 Å². The zero-order valence-electron chi connectivity index (χ0n) is 35.9. The van der Waals surface area contributed by atoms with Crippen LogP contribution in [0.5, 0.6) is 0 Å². The molecule has 0 bridgehead atoms. The van der Waals surface area contributed by atoms with Gasteiger partial charge in [0.15, 0.2) is 0 Å². The molecule has 0 amide bonds. The van der Waals surface area contributed by atoms with Gasteiger partial charge in [-0.2, -0.15) is 5.26 Å². The third kappa shape index (κ3) is 9.86. The first-order valence-corrected chi connectivity index (χ1v) is 21.4. The number of carbonyl (C=O) groups excluding carboxylic acids is 1. The molecule has 310 valence electrons. The lowest BCUT2D eigenvalue weighted by Gasteiger charge is -2.30. The molecule has 0 radical (unpaired) electrons. The van der Waals surface area contributed by atoms with E-state index in [0.29, 0.717) is 6.42 Å². The van der Waals surface area contributed by atoms with Crippen LogP contribution in [0.3, 0.4) is 0 Å². The van der Waals surface area contributed by atoms with E-state index in [1.807, 2.05) is 30.3 Å². The lowest BCUT2D eigenvalue weighted by molar-refractivity contribution is -0.138. The Balaban J connectivity index is 1.15. The summed E-state index contributed by atoms with van der Waals surface area (Å²) in [7, 11) is 0. The maximum absolute atomic E-state index is 12.6. The van der Waals surface area contributed by atoms with Crippen molar-refractivity contribution in [2.24, 2.45) is 5.41 Å². The fourth-order valence-corrected chi connectivity index (χ4v) is 8.27. The Morgan fingerprint density at radius 1 is 0.524 bits per heavy atom. The van der Waals surface area contributed by atoms with E-state index >= 15 is 0 Å². The van der Waals surface area contributed by atoms with Crippen molar-refractivity contribution in [3.8, 4) is 6.07 Å². The largest absolute Gasteiger partial charge is 0.462 e. The SMILES string of the molecule is CCOC(=O)/C(C#N)=C1C=C(/C=C/c2ccc(N(c3ccc(N(c4ccccc4)c4ccccc4)cc3)c3ccc(N(c4ccccc4)c4ccccc4)cc3)cc2)CC(C)(C)C/1. The van der Waals surface area contributed by atoms with Crippen LogP contribution in [0.1, 0.15) is 39.2 Å². The number of rotatable bonds is 13. The first-order chi connectivity index (χ1) is 30.8. The van der Waals surface area contributed by atoms with Crippen molar-refractivity contribution in [1.29, 1.82) is 5.26 Å². The number of esters is 1. The van der Waals surface area contributed by atoms with Gasteiger partial charge in [0.25, 0.3) is 0 Å². The molecule has 6 heteroatoms. The highest BCUT2D eigenvalue weighted by Gasteiger charge is 2.28. The van der Waals surface area contributed by atoms with E-state index in [-0.39, 0.29) is 17.6 Å². The van der Waals surface area contributed by atoms with Crippen molar-refractivity contribution in [2.75, 3.05) is 21.3 Å². The van der Waals surface area contributed by atoms with Crippen LogP contribution in [0.2, 0.25) is 0 Å². The summed E-state index contributed by atoms with van der Waals surface area (Å²) in [6.07, 6.45) is 7.63. The van der Waals surface area contributed by atoms with Crippen LogP contribution in [0.25, 0.3) is 6.08 Å². The second-order valence-electron chi connectivity index (χ2n) is 16.3. The average molecular weight is 823 g/mol. The van der Waals surface area contributed by atoms with E-state index in [4.69, 9.17) is 4.74 Å². The van der Waals surface area contributed by atoms with E-state index in [0.717, 1.165) is 74.3 Å². The van der Waals surface area contributed by atoms with Crippen LogP contribution < -0.4 is 14.7 Å². The highest BCUT2D eigenvalue weighted by Crippen LogP contribution is 2.42. The lowest BCUT2D eigenvalue weighted by Crippen LogP contribution is -2.19. The Labute approximate surface area is 371 Å². The number of nitrogens with zero attached hydrogens (tertiary/aromatic N) is 4. The molecule has 7 aromatic rings. The van der Waals surface area contributed by atoms with Crippen LogP contribution in [0, 0.1) is 16.7 Å². The smallest absolute Gasteiger partial charge is 0.349 e. The summed E-state index contributed by atoms with van der Waals surface area (Å²) in [5.74, 6) is -0.564. The molecule has 0 aromatic heterocycles. The molecule has 8 rings (SSSR count). The quantitative estimate of drug-likeness (QED) is 0.0656. The number of carbonyl (C=O) groups is 1. The maximum atomic E-state index is 12.6. The predicted molar refractivity (Wildman–Crippen MR) is 260 cm³/mol. The zero-order valence-corrected chi connectivity index (χ0v) is 35.9. The van der Waals surface area contributed by atoms with Crippen LogP contribution >= 0.6 is 0 Å². The van der Waals surface area contributed by atoms with Gasteiger partial charge in [0.05, 0.1) is 6.61 Å².